The van der Waals surface area contributed by atoms with Crippen LogP contribution in [0.2, 0.25) is 0 Å². The van der Waals surface area contributed by atoms with Crippen molar-refractivity contribution < 1.29 is 14.3 Å². The first-order chi connectivity index (χ1) is 10.2. The second-order valence-electron chi connectivity index (χ2n) is 4.04. The molecule has 2 rings (SSSR count). The SMILES string of the molecule is COC(=O)c1ccc(CNC(=O)CSc2ncn[nH]2)cc1. The van der Waals surface area contributed by atoms with Crippen LogP contribution in [0.15, 0.2) is 35.7 Å². The van der Waals surface area contributed by atoms with Crippen LogP contribution < -0.4 is 5.32 Å². The van der Waals surface area contributed by atoms with Gasteiger partial charge in [0.2, 0.25) is 5.91 Å². The van der Waals surface area contributed by atoms with Gasteiger partial charge in [-0.3, -0.25) is 9.89 Å². The molecule has 0 unspecified atom stereocenters. The molecule has 2 N–H and O–H groups in total. The van der Waals surface area contributed by atoms with Crippen molar-refractivity contribution in [2.24, 2.45) is 0 Å². The number of esters is 1. The summed E-state index contributed by atoms with van der Waals surface area (Å²) in [7, 11) is 1.34. The minimum Gasteiger partial charge on any atom is -0.465 e. The molecule has 0 radical (unpaired) electrons. The number of methoxy groups -OCH3 is 1. The van der Waals surface area contributed by atoms with Crippen LogP contribution in [0.3, 0.4) is 0 Å². The largest absolute Gasteiger partial charge is 0.465 e. The Morgan fingerprint density at radius 1 is 1.33 bits per heavy atom. The van der Waals surface area contributed by atoms with E-state index in [4.69, 9.17) is 0 Å². The Bertz CT molecular complexity index is 598. The molecule has 0 spiro atoms. The van der Waals surface area contributed by atoms with Crippen molar-refractivity contribution in [1.82, 2.24) is 20.5 Å². The number of benzene rings is 1. The Morgan fingerprint density at radius 2 is 2.10 bits per heavy atom. The molecule has 1 amide bonds. The first kappa shape index (κ1) is 15.0. The van der Waals surface area contributed by atoms with Gasteiger partial charge in [0, 0.05) is 6.54 Å². The summed E-state index contributed by atoms with van der Waals surface area (Å²) in [6, 6.07) is 6.87. The lowest BCUT2D eigenvalue weighted by atomic mass is 10.1. The van der Waals surface area contributed by atoms with Crippen molar-refractivity contribution in [3.63, 3.8) is 0 Å². The van der Waals surface area contributed by atoms with Gasteiger partial charge in [0.15, 0.2) is 5.16 Å². The number of hydrogen-bond donors (Lipinski definition) is 2. The second kappa shape index (κ2) is 7.44. The highest BCUT2D eigenvalue weighted by atomic mass is 32.2. The Labute approximate surface area is 125 Å². The topological polar surface area (TPSA) is 97.0 Å². The van der Waals surface area contributed by atoms with Gasteiger partial charge < -0.3 is 10.1 Å². The van der Waals surface area contributed by atoms with Crippen molar-refractivity contribution in [3.05, 3.63) is 41.7 Å². The highest BCUT2D eigenvalue weighted by molar-refractivity contribution is 7.99. The van der Waals surface area contributed by atoms with Gasteiger partial charge in [-0.1, -0.05) is 23.9 Å². The highest BCUT2D eigenvalue weighted by Gasteiger charge is 2.06. The van der Waals surface area contributed by atoms with E-state index in [0.29, 0.717) is 17.3 Å². The third kappa shape index (κ3) is 4.60. The van der Waals surface area contributed by atoms with Crippen LogP contribution in [0, 0.1) is 0 Å². The van der Waals surface area contributed by atoms with Crippen LogP contribution >= 0.6 is 11.8 Å². The monoisotopic (exact) mass is 306 g/mol. The number of aromatic amines is 1. The molecule has 0 fully saturated rings. The van der Waals surface area contributed by atoms with Gasteiger partial charge in [0.1, 0.15) is 6.33 Å². The molecular formula is C13H14N4O3S. The Morgan fingerprint density at radius 3 is 2.71 bits per heavy atom. The molecule has 1 heterocycles. The minimum atomic E-state index is -0.381. The van der Waals surface area contributed by atoms with Crippen LogP contribution in [0.1, 0.15) is 15.9 Å². The zero-order chi connectivity index (χ0) is 15.1. The Kier molecular flexibility index (Phi) is 5.33. The van der Waals surface area contributed by atoms with Crippen LogP contribution in [0.25, 0.3) is 0 Å². The summed E-state index contributed by atoms with van der Waals surface area (Å²) in [5, 5.41) is 9.75. The molecule has 0 aliphatic carbocycles. The summed E-state index contributed by atoms with van der Waals surface area (Å²) in [6.07, 6.45) is 1.39. The third-order valence-corrected chi connectivity index (χ3v) is 3.47. The molecule has 0 aliphatic heterocycles. The van der Waals surface area contributed by atoms with Gasteiger partial charge in [-0.05, 0) is 17.7 Å². The van der Waals surface area contributed by atoms with Crippen molar-refractivity contribution >= 4 is 23.6 Å². The lowest BCUT2D eigenvalue weighted by molar-refractivity contribution is -0.118. The zero-order valence-electron chi connectivity index (χ0n) is 11.3. The van der Waals surface area contributed by atoms with E-state index >= 15 is 0 Å². The predicted molar refractivity (Wildman–Crippen MR) is 76.7 cm³/mol. The first-order valence-corrected chi connectivity index (χ1v) is 7.09. The van der Waals surface area contributed by atoms with Crippen molar-refractivity contribution in [1.29, 1.82) is 0 Å². The molecule has 110 valence electrons. The van der Waals surface area contributed by atoms with Crippen LogP contribution in [0.4, 0.5) is 0 Å². The predicted octanol–water partition coefficient (Wildman–Crippen LogP) is 1.000. The molecule has 0 atom stereocenters. The number of carbonyl (C=O) groups is 2. The Balaban J connectivity index is 1.77. The quantitative estimate of drug-likeness (QED) is 0.610. The van der Waals surface area contributed by atoms with Crippen LogP contribution in [-0.4, -0.2) is 39.9 Å². The van der Waals surface area contributed by atoms with Gasteiger partial charge in [0.25, 0.3) is 0 Å². The number of H-pyrrole nitrogens is 1. The van der Waals surface area contributed by atoms with E-state index < -0.39 is 0 Å². The van der Waals surface area contributed by atoms with Gasteiger partial charge in [-0.25, -0.2) is 9.78 Å². The first-order valence-electron chi connectivity index (χ1n) is 6.11. The lowest BCUT2D eigenvalue weighted by Gasteiger charge is -2.05. The molecule has 21 heavy (non-hydrogen) atoms. The number of nitrogens with zero attached hydrogens (tertiary/aromatic N) is 2. The molecule has 7 nitrogen and oxygen atoms in total. The van der Waals surface area contributed by atoms with E-state index in [0.717, 1.165) is 5.56 Å². The van der Waals surface area contributed by atoms with Gasteiger partial charge in [0.05, 0.1) is 18.4 Å². The minimum absolute atomic E-state index is 0.103. The number of hydrogen-bond acceptors (Lipinski definition) is 6. The second-order valence-corrected chi connectivity index (χ2v) is 5.01. The molecule has 0 saturated carbocycles. The highest BCUT2D eigenvalue weighted by Crippen LogP contribution is 2.10. The molecule has 0 bridgehead atoms. The maximum atomic E-state index is 11.7. The summed E-state index contributed by atoms with van der Waals surface area (Å²) in [6.45, 7) is 0.400. The van der Waals surface area contributed by atoms with Crippen molar-refractivity contribution in [2.75, 3.05) is 12.9 Å². The maximum Gasteiger partial charge on any atom is 0.337 e. The van der Waals surface area contributed by atoms with E-state index in [9.17, 15) is 9.59 Å². The standard InChI is InChI=1S/C13H14N4O3S/c1-20-12(19)10-4-2-9(3-5-10)6-14-11(18)7-21-13-15-8-16-17-13/h2-5,8H,6-7H2,1H3,(H,14,18)(H,15,16,17). The molecule has 0 aliphatic rings. The number of thioether (sulfide) groups is 1. The van der Waals surface area contributed by atoms with Crippen molar-refractivity contribution in [2.45, 2.75) is 11.7 Å². The number of nitrogens with one attached hydrogen (secondary N) is 2. The molecule has 0 saturated heterocycles. The zero-order valence-corrected chi connectivity index (χ0v) is 12.1. The summed E-state index contributed by atoms with van der Waals surface area (Å²) in [5.74, 6) is -0.224. The average Bonchev–Trinajstić information content (AvgIpc) is 3.04. The number of amides is 1. The fourth-order valence-corrected chi connectivity index (χ4v) is 2.13. The fraction of sp³-hybridized carbons (Fsp3) is 0.231. The summed E-state index contributed by atoms with van der Waals surface area (Å²) < 4.78 is 4.62. The van der Waals surface area contributed by atoms with Crippen LogP contribution in [0.5, 0.6) is 0 Å². The molecular weight excluding hydrogens is 292 g/mol. The lowest BCUT2D eigenvalue weighted by Crippen LogP contribution is -2.24. The number of carbonyl (C=O) groups excluding carboxylic acids is 2. The summed E-state index contributed by atoms with van der Waals surface area (Å²) in [5.41, 5.74) is 1.38. The third-order valence-electron chi connectivity index (χ3n) is 2.60. The van der Waals surface area contributed by atoms with Gasteiger partial charge in [-0.2, -0.15) is 5.10 Å². The average molecular weight is 306 g/mol. The Hall–Kier alpha value is -2.35. The molecule has 1 aromatic carbocycles. The molecule has 1 aromatic heterocycles. The van der Waals surface area contributed by atoms with Gasteiger partial charge >= 0.3 is 5.97 Å². The van der Waals surface area contributed by atoms with E-state index in [-0.39, 0.29) is 17.6 Å². The smallest absolute Gasteiger partial charge is 0.337 e. The van der Waals surface area contributed by atoms with E-state index in [1.165, 1.54) is 25.2 Å². The molecule has 8 heteroatoms. The molecule has 2 aromatic rings. The van der Waals surface area contributed by atoms with E-state index in [1.807, 2.05) is 0 Å². The summed E-state index contributed by atoms with van der Waals surface area (Å²) in [4.78, 5) is 26.9. The van der Waals surface area contributed by atoms with Crippen molar-refractivity contribution in [3.8, 4) is 0 Å². The fourth-order valence-electron chi connectivity index (χ4n) is 1.53. The number of rotatable bonds is 6. The van der Waals surface area contributed by atoms with Gasteiger partial charge in [-0.15, -0.1) is 0 Å². The normalized spacial score (nSPS) is 10.1. The number of ether oxygens (including phenoxy) is 1. The maximum absolute atomic E-state index is 11.7. The van der Waals surface area contributed by atoms with E-state index in [1.54, 1.807) is 24.3 Å². The number of aromatic nitrogens is 3. The van der Waals surface area contributed by atoms with Crippen LogP contribution in [-0.2, 0) is 16.1 Å². The van der Waals surface area contributed by atoms with E-state index in [2.05, 4.69) is 25.2 Å². The summed E-state index contributed by atoms with van der Waals surface area (Å²) >= 11 is 1.28.